The first-order valence-electron chi connectivity index (χ1n) is 5.60. The third-order valence-electron chi connectivity index (χ3n) is 2.64. The van der Waals surface area contributed by atoms with Crippen LogP contribution < -0.4 is 4.83 Å². The number of nitrogens with zero attached hydrogens (tertiary/aromatic N) is 1. The summed E-state index contributed by atoms with van der Waals surface area (Å²) in [6.45, 7) is 4.11. The minimum Gasteiger partial charge on any atom is -0.379 e. The fourth-order valence-electron chi connectivity index (χ4n) is 1.70. The lowest BCUT2D eigenvalue weighted by molar-refractivity contribution is 0.0272. The van der Waals surface area contributed by atoms with Crippen LogP contribution in [0.15, 0.2) is 27.6 Å². The van der Waals surface area contributed by atoms with Crippen molar-refractivity contribution in [2.45, 2.75) is 11.8 Å². The van der Waals surface area contributed by atoms with E-state index in [1.807, 2.05) is 6.92 Å². The van der Waals surface area contributed by atoms with Gasteiger partial charge in [-0.2, -0.15) is 0 Å². The molecule has 0 amide bonds. The zero-order valence-corrected chi connectivity index (χ0v) is 12.4. The van der Waals surface area contributed by atoms with E-state index in [-0.39, 0.29) is 4.90 Å². The van der Waals surface area contributed by atoms with Crippen molar-refractivity contribution in [3.05, 3.63) is 28.2 Å². The second kappa shape index (κ2) is 5.66. The van der Waals surface area contributed by atoms with E-state index in [0.29, 0.717) is 30.8 Å². The van der Waals surface area contributed by atoms with Crippen molar-refractivity contribution in [1.29, 1.82) is 0 Å². The molecule has 0 aromatic heterocycles. The van der Waals surface area contributed by atoms with Crippen LogP contribution in [0.2, 0.25) is 0 Å². The van der Waals surface area contributed by atoms with Crippen molar-refractivity contribution in [2.75, 3.05) is 26.3 Å². The molecule has 5 nitrogen and oxygen atoms in total. The summed E-state index contributed by atoms with van der Waals surface area (Å²) in [4.78, 5) is 2.82. The molecule has 0 unspecified atom stereocenters. The SMILES string of the molecule is Cc1ccc(S(=O)(=O)NN2CCOCC2)c(Br)c1. The standard InChI is InChI=1S/C11H15BrN2O3S/c1-9-2-3-11(10(12)8-9)18(15,16)13-14-4-6-17-7-5-14/h2-3,8,13H,4-7H2,1H3. The summed E-state index contributed by atoms with van der Waals surface area (Å²) in [5, 5.41) is 1.66. The number of halogens is 1. The highest BCUT2D eigenvalue weighted by Gasteiger charge is 2.22. The lowest BCUT2D eigenvalue weighted by atomic mass is 10.2. The van der Waals surface area contributed by atoms with Gasteiger partial charge in [0.05, 0.1) is 18.1 Å². The molecule has 1 aliphatic rings. The second-order valence-electron chi connectivity index (χ2n) is 4.13. The van der Waals surface area contributed by atoms with E-state index in [1.54, 1.807) is 23.2 Å². The number of sulfonamides is 1. The van der Waals surface area contributed by atoms with E-state index in [1.165, 1.54) is 0 Å². The Hall–Kier alpha value is -0.470. The summed E-state index contributed by atoms with van der Waals surface area (Å²) >= 11 is 3.29. The van der Waals surface area contributed by atoms with Crippen LogP contribution in [0.3, 0.4) is 0 Å². The van der Waals surface area contributed by atoms with Gasteiger partial charge >= 0.3 is 0 Å². The maximum absolute atomic E-state index is 12.2. The highest BCUT2D eigenvalue weighted by Crippen LogP contribution is 2.23. The maximum Gasteiger partial charge on any atom is 0.254 e. The van der Waals surface area contributed by atoms with Crippen molar-refractivity contribution < 1.29 is 13.2 Å². The summed E-state index contributed by atoms with van der Waals surface area (Å²) in [6.07, 6.45) is 0. The van der Waals surface area contributed by atoms with E-state index in [4.69, 9.17) is 4.74 Å². The van der Waals surface area contributed by atoms with Crippen molar-refractivity contribution in [3.63, 3.8) is 0 Å². The van der Waals surface area contributed by atoms with Gasteiger partial charge in [0.2, 0.25) is 0 Å². The highest BCUT2D eigenvalue weighted by molar-refractivity contribution is 9.10. The molecule has 7 heteroatoms. The van der Waals surface area contributed by atoms with Gasteiger partial charge in [0.15, 0.2) is 0 Å². The summed E-state index contributed by atoms with van der Waals surface area (Å²) in [5.74, 6) is 0. The number of benzene rings is 1. The minimum atomic E-state index is -3.53. The predicted octanol–water partition coefficient (Wildman–Crippen LogP) is 1.28. The number of ether oxygens (including phenoxy) is 1. The molecule has 1 heterocycles. The van der Waals surface area contributed by atoms with Crippen LogP contribution in [0.4, 0.5) is 0 Å². The number of hydrazine groups is 1. The zero-order valence-electron chi connectivity index (χ0n) is 10.0. The number of hydrogen-bond donors (Lipinski definition) is 1. The van der Waals surface area contributed by atoms with Crippen molar-refractivity contribution >= 4 is 26.0 Å². The Morgan fingerprint density at radius 3 is 2.61 bits per heavy atom. The molecule has 1 saturated heterocycles. The fourth-order valence-corrected chi connectivity index (χ4v) is 4.01. The fraction of sp³-hybridized carbons (Fsp3) is 0.455. The second-order valence-corrected chi connectivity index (χ2v) is 6.61. The molecule has 18 heavy (non-hydrogen) atoms. The molecule has 1 fully saturated rings. The summed E-state index contributed by atoms with van der Waals surface area (Å²) in [6, 6.07) is 5.16. The number of morpholine rings is 1. The molecule has 0 atom stereocenters. The molecule has 0 saturated carbocycles. The third-order valence-corrected chi connectivity index (χ3v) is 4.99. The molecule has 0 bridgehead atoms. The Morgan fingerprint density at radius 1 is 1.33 bits per heavy atom. The first-order valence-corrected chi connectivity index (χ1v) is 7.88. The Labute approximate surface area is 115 Å². The number of nitrogens with one attached hydrogen (secondary N) is 1. The molecule has 2 rings (SSSR count). The van der Waals surface area contributed by atoms with E-state index in [0.717, 1.165) is 5.56 Å². The van der Waals surface area contributed by atoms with Gasteiger partial charge in [-0.3, -0.25) is 0 Å². The first-order chi connectivity index (χ1) is 8.49. The quantitative estimate of drug-likeness (QED) is 0.904. The van der Waals surface area contributed by atoms with Gasteiger partial charge in [-0.05, 0) is 40.5 Å². The molecule has 1 N–H and O–H groups in total. The van der Waals surface area contributed by atoms with Gasteiger partial charge in [0.1, 0.15) is 0 Å². The van der Waals surface area contributed by atoms with Crippen LogP contribution in [-0.4, -0.2) is 39.7 Å². The maximum atomic E-state index is 12.2. The number of aryl methyl sites for hydroxylation is 1. The number of rotatable bonds is 3. The lowest BCUT2D eigenvalue weighted by Gasteiger charge is -2.26. The zero-order chi connectivity index (χ0) is 13.2. The van der Waals surface area contributed by atoms with Gasteiger partial charge in [-0.1, -0.05) is 6.07 Å². The average Bonchev–Trinajstić information content (AvgIpc) is 2.29. The Morgan fingerprint density at radius 2 is 2.00 bits per heavy atom. The summed E-state index contributed by atoms with van der Waals surface area (Å²) in [7, 11) is -3.53. The van der Waals surface area contributed by atoms with E-state index in [9.17, 15) is 8.42 Å². The average molecular weight is 335 g/mol. The highest BCUT2D eigenvalue weighted by atomic mass is 79.9. The summed E-state index contributed by atoms with van der Waals surface area (Å²) < 4.78 is 30.2. The van der Waals surface area contributed by atoms with Crippen LogP contribution in [0.25, 0.3) is 0 Å². The largest absolute Gasteiger partial charge is 0.379 e. The molecule has 100 valence electrons. The van der Waals surface area contributed by atoms with E-state index < -0.39 is 10.0 Å². The third kappa shape index (κ3) is 3.30. The van der Waals surface area contributed by atoms with E-state index >= 15 is 0 Å². The monoisotopic (exact) mass is 334 g/mol. The molecule has 1 aromatic carbocycles. The predicted molar refractivity (Wildman–Crippen MR) is 71.6 cm³/mol. The number of hydrogen-bond acceptors (Lipinski definition) is 4. The van der Waals surface area contributed by atoms with Gasteiger partial charge < -0.3 is 4.74 Å². The molecular weight excluding hydrogens is 320 g/mol. The van der Waals surface area contributed by atoms with Crippen LogP contribution in [0.1, 0.15) is 5.56 Å². The molecule has 0 aliphatic carbocycles. The van der Waals surface area contributed by atoms with Crippen LogP contribution in [0, 0.1) is 6.92 Å². The topological polar surface area (TPSA) is 58.6 Å². The summed E-state index contributed by atoms with van der Waals surface area (Å²) in [5.41, 5.74) is 1.01. The van der Waals surface area contributed by atoms with E-state index in [2.05, 4.69) is 20.8 Å². The first kappa shape index (κ1) is 14.0. The van der Waals surface area contributed by atoms with Gasteiger partial charge in [-0.15, -0.1) is 4.83 Å². The Bertz CT molecular complexity index is 527. The van der Waals surface area contributed by atoms with Crippen LogP contribution in [-0.2, 0) is 14.8 Å². The van der Waals surface area contributed by atoms with Crippen molar-refractivity contribution in [1.82, 2.24) is 9.84 Å². The van der Waals surface area contributed by atoms with Gasteiger partial charge in [0.25, 0.3) is 10.0 Å². The van der Waals surface area contributed by atoms with Gasteiger partial charge in [0, 0.05) is 17.6 Å². The lowest BCUT2D eigenvalue weighted by Crippen LogP contribution is -2.48. The van der Waals surface area contributed by atoms with Gasteiger partial charge in [-0.25, -0.2) is 13.4 Å². The molecule has 0 spiro atoms. The molecule has 1 aliphatic heterocycles. The molecule has 0 radical (unpaired) electrons. The van der Waals surface area contributed by atoms with Crippen molar-refractivity contribution in [2.24, 2.45) is 0 Å². The van der Waals surface area contributed by atoms with Crippen molar-refractivity contribution in [3.8, 4) is 0 Å². The van der Waals surface area contributed by atoms with Crippen LogP contribution >= 0.6 is 15.9 Å². The minimum absolute atomic E-state index is 0.250. The normalized spacial score (nSPS) is 17.9. The molecule has 1 aromatic rings. The smallest absolute Gasteiger partial charge is 0.254 e. The Kier molecular flexibility index (Phi) is 4.39. The molecular formula is C11H15BrN2O3S. The Balaban J connectivity index is 2.19. The van der Waals surface area contributed by atoms with Crippen LogP contribution in [0.5, 0.6) is 0 Å².